The Labute approximate surface area is 261 Å². The van der Waals surface area contributed by atoms with E-state index >= 15 is 0 Å². The summed E-state index contributed by atoms with van der Waals surface area (Å²) in [4.78, 5) is 37.0. The van der Waals surface area contributed by atoms with E-state index in [9.17, 15) is 29.7 Å². The Morgan fingerprint density at radius 2 is 1.43 bits per heavy atom. The van der Waals surface area contributed by atoms with Gasteiger partial charge in [-0.3, -0.25) is 14.4 Å². The van der Waals surface area contributed by atoms with Crippen LogP contribution in [0.3, 0.4) is 0 Å². The Balaban J connectivity index is 1.58. The van der Waals surface area contributed by atoms with Crippen LogP contribution in [0.15, 0.2) is 23.8 Å². The zero-order chi connectivity index (χ0) is 32.0. The van der Waals surface area contributed by atoms with Gasteiger partial charge in [-0.05, 0) is 68.6 Å². The number of hydrogen-bond donors (Lipinski definition) is 7. The van der Waals surface area contributed by atoms with E-state index in [0.29, 0.717) is 18.3 Å². The van der Waals surface area contributed by atoms with Gasteiger partial charge in [0.2, 0.25) is 0 Å². The molecule has 5 heterocycles. The van der Waals surface area contributed by atoms with E-state index in [4.69, 9.17) is 0 Å². The summed E-state index contributed by atoms with van der Waals surface area (Å²) in [7, 11) is 0. The molecule has 0 radical (unpaired) electrons. The quantitative estimate of drug-likeness (QED) is 0.202. The lowest BCUT2D eigenvalue weighted by molar-refractivity contribution is -0.145. The van der Waals surface area contributed by atoms with Gasteiger partial charge in [0.05, 0.1) is 12.3 Å². The largest absolute Gasteiger partial charge is 0.481 e. The van der Waals surface area contributed by atoms with Crippen LogP contribution in [0.5, 0.6) is 0 Å². The molecule has 0 amide bonds. The normalized spacial score (nSPS) is 45.4. The van der Waals surface area contributed by atoms with Crippen molar-refractivity contribution in [3.8, 4) is 0 Å². The predicted octanol–water partition coefficient (Wildman–Crippen LogP) is 3.24. The highest BCUT2D eigenvalue weighted by Gasteiger charge is 2.55. The van der Waals surface area contributed by atoms with E-state index in [-0.39, 0.29) is 72.9 Å². The summed E-state index contributed by atoms with van der Waals surface area (Å²) in [6.07, 6.45) is 5.79. The van der Waals surface area contributed by atoms with Crippen molar-refractivity contribution in [2.24, 2.45) is 41.4 Å². The Hall–Kier alpha value is -2.27. The zero-order valence-corrected chi connectivity index (χ0v) is 27.0. The van der Waals surface area contributed by atoms with Gasteiger partial charge in [-0.2, -0.15) is 0 Å². The summed E-state index contributed by atoms with van der Waals surface area (Å²) in [6.45, 7) is 15.1. The topological polar surface area (TPSA) is 160 Å². The molecule has 0 aromatic heterocycles. The molecule has 4 fully saturated rings. The van der Waals surface area contributed by atoms with Crippen molar-refractivity contribution in [3.05, 3.63) is 23.8 Å². The molecule has 7 N–H and O–H groups in total. The SMILES string of the molecule is C=CC1C2CC3NC(CC4NC(C(CC(=O)O)C5NC(CC(N2)C1C)C(C)C5CCC(=O)O)C(C(=O)O)C4C)C(CC)=C3C. The Kier molecular flexibility index (Phi) is 9.95. The van der Waals surface area contributed by atoms with Gasteiger partial charge in [-0.15, -0.1) is 6.58 Å². The van der Waals surface area contributed by atoms with Gasteiger partial charge in [-0.1, -0.05) is 44.9 Å². The van der Waals surface area contributed by atoms with Crippen LogP contribution >= 0.6 is 0 Å². The Morgan fingerprint density at radius 1 is 0.795 bits per heavy atom. The van der Waals surface area contributed by atoms with Crippen LogP contribution in [0.25, 0.3) is 0 Å². The number of carboxylic acids is 3. The molecule has 5 aliphatic heterocycles. The second kappa shape index (κ2) is 13.2. The molecule has 44 heavy (non-hydrogen) atoms. The first-order valence-electron chi connectivity index (χ1n) is 16.9. The first-order valence-corrected chi connectivity index (χ1v) is 16.9. The summed E-state index contributed by atoms with van der Waals surface area (Å²) in [5, 5.41) is 45.7. The minimum Gasteiger partial charge on any atom is -0.481 e. The second-order valence-corrected chi connectivity index (χ2v) is 14.6. The molecule has 15 unspecified atom stereocenters. The van der Waals surface area contributed by atoms with Crippen LogP contribution < -0.4 is 21.3 Å². The van der Waals surface area contributed by atoms with Crippen LogP contribution in [0.1, 0.15) is 79.6 Å². The van der Waals surface area contributed by atoms with Crippen LogP contribution in [-0.4, -0.2) is 81.6 Å². The Bertz CT molecular complexity index is 1160. The minimum atomic E-state index is -0.962. The third-order valence-corrected chi connectivity index (χ3v) is 12.6. The molecule has 15 atom stereocenters. The third-order valence-electron chi connectivity index (χ3n) is 12.6. The number of aliphatic carboxylic acids is 3. The maximum absolute atomic E-state index is 12.9. The highest BCUT2D eigenvalue weighted by Crippen LogP contribution is 2.45. The molecule has 4 saturated heterocycles. The summed E-state index contributed by atoms with van der Waals surface area (Å²) in [5.41, 5.74) is 2.78. The number of fused-ring (bicyclic) bond motifs is 8. The summed E-state index contributed by atoms with van der Waals surface area (Å²) < 4.78 is 0. The molecule has 0 aliphatic carbocycles. The first kappa shape index (κ1) is 33.1. The molecule has 0 saturated carbocycles. The van der Waals surface area contributed by atoms with Crippen LogP contribution in [0.2, 0.25) is 0 Å². The van der Waals surface area contributed by atoms with Gasteiger partial charge in [0, 0.05) is 60.7 Å². The van der Waals surface area contributed by atoms with Gasteiger partial charge in [0.1, 0.15) is 0 Å². The van der Waals surface area contributed by atoms with E-state index in [1.165, 1.54) is 11.1 Å². The average Bonchev–Trinajstić information content (AvgIpc) is 3.63. The van der Waals surface area contributed by atoms with Crippen molar-refractivity contribution in [3.63, 3.8) is 0 Å². The monoisotopic (exact) mass is 614 g/mol. The van der Waals surface area contributed by atoms with Crippen LogP contribution in [0.4, 0.5) is 0 Å². The summed E-state index contributed by atoms with van der Waals surface area (Å²) in [5.74, 6) is -3.48. The lowest BCUT2D eigenvalue weighted by Crippen LogP contribution is -2.52. The molecular formula is C34H54N4O6. The fourth-order valence-corrected chi connectivity index (χ4v) is 10.2. The molecular weight excluding hydrogens is 560 g/mol. The fourth-order valence-electron chi connectivity index (χ4n) is 10.2. The molecule has 10 heteroatoms. The van der Waals surface area contributed by atoms with Gasteiger partial charge in [0.25, 0.3) is 0 Å². The maximum atomic E-state index is 12.9. The van der Waals surface area contributed by atoms with Crippen molar-refractivity contribution in [1.29, 1.82) is 0 Å². The molecule has 5 aliphatic rings. The van der Waals surface area contributed by atoms with Crippen LogP contribution in [-0.2, 0) is 14.4 Å². The van der Waals surface area contributed by atoms with Gasteiger partial charge >= 0.3 is 17.9 Å². The number of carbonyl (C=O) groups is 3. The van der Waals surface area contributed by atoms with Crippen LogP contribution in [0, 0.1) is 41.4 Å². The molecule has 8 bridgehead atoms. The highest BCUT2D eigenvalue weighted by molar-refractivity contribution is 5.73. The van der Waals surface area contributed by atoms with Gasteiger partial charge < -0.3 is 36.6 Å². The predicted molar refractivity (Wildman–Crippen MR) is 168 cm³/mol. The van der Waals surface area contributed by atoms with Crippen molar-refractivity contribution in [1.82, 2.24) is 21.3 Å². The number of hydrogen-bond acceptors (Lipinski definition) is 7. The van der Waals surface area contributed by atoms with E-state index in [1.807, 2.05) is 6.92 Å². The van der Waals surface area contributed by atoms with Crippen molar-refractivity contribution in [2.75, 3.05) is 0 Å². The minimum absolute atomic E-state index is 0.00189. The van der Waals surface area contributed by atoms with Gasteiger partial charge in [-0.25, -0.2) is 0 Å². The third kappa shape index (κ3) is 6.11. The van der Waals surface area contributed by atoms with Crippen molar-refractivity contribution < 1.29 is 29.7 Å². The van der Waals surface area contributed by atoms with Gasteiger partial charge in [0.15, 0.2) is 0 Å². The first-order chi connectivity index (χ1) is 20.9. The molecule has 10 nitrogen and oxygen atoms in total. The fraction of sp³-hybridized carbons (Fsp3) is 0.794. The number of carboxylic acid groups (broad SMARTS) is 3. The molecule has 0 spiro atoms. The number of nitrogens with one attached hydrogen (secondary N) is 4. The molecule has 246 valence electrons. The standard InChI is InChI=1S/C34H54N4O6/c1-7-19-15(3)23-12-25-17(5)21(9-10-29(39)40)32(37-25)22(11-30(41)42)33-31(34(43)44)18(6)26(38-33)14-28-20(8-2)16(4)24(36-28)13-27(19)35-23/h7,15,17-19,21-28,31-33,35-38H,1,8-14H2,2-6H3,(H,39,40)(H,41,42)(H,43,44). The van der Waals surface area contributed by atoms with Crippen molar-refractivity contribution >= 4 is 17.9 Å². The highest BCUT2D eigenvalue weighted by atomic mass is 16.4. The zero-order valence-electron chi connectivity index (χ0n) is 27.0. The summed E-state index contributed by atoms with van der Waals surface area (Å²) in [6, 6.07) is -0.0657. The van der Waals surface area contributed by atoms with E-state index in [2.05, 4.69) is 61.6 Å². The lowest BCUT2D eigenvalue weighted by Gasteiger charge is -2.35. The molecule has 0 aromatic rings. The van der Waals surface area contributed by atoms with E-state index in [0.717, 1.165) is 25.7 Å². The average molecular weight is 615 g/mol. The summed E-state index contributed by atoms with van der Waals surface area (Å²) >= 11 is 0. The maximum Gasteiger partial charge on any atom is 0.308 e. The lowest BCUT2D eigenvalue weighted by atomic mass is 9.72. The molecule has 0 aromatic carbocycles. The number of rotatable bonds is 8. The Morgan fingerprint density at radius 3 is 2.05 bits per heavy atom. The van der Waals surface area contributed by atoms with Crippen molar-refractivity contribution in [2.45, 2.75) is 128 Å². The van der Waals surface area contributed by atoms with E-state index in [1.54, 1.807) is 0 Å². The smallest absolute Gasteiger partial charge is 0.308 e. The van der Waals surface area contributed by atoms with E-state index < -0.39 is 35.8 Å². The second-order valence-electron chi connectivity index (χ2n) is 14.6. The molecule has 5 rings (SSSR count).